The largest absolute Gasteiger partial charge is 0.351 e. The van der Waals surface area contributed by atoms with Gasteiger partial charge in [0.15, 0.2) is 4.34 Å². The van der Waals surface area contributed by atoms with Gasteiger partial charge in [-0.3, -0.25) is 9.69 Å². The molecule has 1 aliphatic rings. The standard InChI is InChI=1S/C22H23N3OS2/c26-21(16-28-22-24-20(15-27-22)18-9-5-2-6-10-18)23-19-11-12-25(14-19)13-17-7-3-1-4-8-17/h1-10,15,19H,11-14,16H2,(H,23,26). The highest BCUT2D eigenvalue weighted by molar-refractivity contribution is 8.01. The molecule has 1 atom stereocenters. The zero-order valence-corrected chi connectivity index (χ0v) is 17.2. The van der Waals surface area contributed by atoms with E-state index in [2.05, 4.69) is 51.6 Å². The summed E-state index contributed by atoms with van der Waals surface area (Å²) in [5.74, 6) is 0.504. The van der Waals surface area contributed by atoms with E-state index in [-0.39, 0.29) is 11.9 Å². The third-order valence-electron chi connectivity index (χ3n) is 4.77. The van der Waals surface area contributed by atoms with E-state index in [4.69, 9.17) is 0 Å². The van der Waals surface area contributed by atoms with Gasteiger partial charge < -0.3 is 5.32 Å². The summed E-state index contributed by atoms with van der Waals surface area (Å²) in [6, 6.07) is 20.9. The number of thioether (sulfide) groups is 1. The molecule has 0 saturated carbocycles. The highest BCUT2D eigenvalue weighted by Gasteiger charge is 2.23. The molecule has 1 aromatic heterocycles. The fraction of sp³-hybridized carbons (Fsp3) is 0.273. The van der Waals surface area contributed by atoms with Crippen LogP contribution < -0.4 is 5.32 Å². The summed E-state index contributed by atoms with van der Waals surface area (Å²) in [5, 5.41) is 5.23. The van der Waals surface area contributed by atoms with Crippen molar-refractivity contribution in [2.45, 2.75) is 23.3 Å². The van der Waals surface area contributed by atoms with E-state index in [1.54, 1.807) is 11.3 Å². The number of carbonyl (C=O) groups excluding carboxylic acids is 1. The molecule has 1 fully saturated rings. The van der Waals surface area contributed by atoms with Gasteiger partial charge in [-0.1, -0.05) is 72.4 Å². The van der Waals surface area contributed by atoms with Crippen LogP contribution in [-0.4, -0.2) is 40.7 Å². The fourth-order valence-corrected chi connectivity index (χ4v) is 5.04. The van der Waals surface area contributed by atoms with E-state index in [0.29, 0.717) is 5.75 Å². The molecule has 4 nitrogen and oxygen atoms in total. The fourth-order valence-electron chi connectivity index (χ4n) is 3.40. The van der Waals surface area contributed by atoms with Crippen LogP contribution in [0.25, 0.3) is 11.3 Å². The minimum atomic E-state index is 0.0908. The lowest BCUT2D eigenvalue weighted by Crippen LogP contribution is -2.37. The molecule has 6 heteroatoms. The van der Waals surface area contributed by atoms with E-state index in [0.717, 1.165) is 41.7 Å². The number of hydrogen-bond donors (Lipinski definition) is 1. The third kappa shape index (κ3) is 5.22. The lowest BCUT2D eigenvalue weighted by Gasteiger charge is -2.16. The van der Waals surface area contributed by atoms with Crippen LogP contribution in [0, 0.1) is 0 Å². The van der Waals surface area contributed by atoms with Crippen molar-refractivity contribution in [1.29, 1.82) is 0 Å². The van der Waals surface area contributed by atoms with E-state index >= 15 is 0 Å². The molecule has 1 unspecified atom stereocenters. The van der Waals surface area contributed by atoms with Gasteiger partial charge in [0.05, 0.1) is 11.4 Å². The Morgan fingerprint density at radius 2 is 1.89 bits per heavy atom. The van der Waals surface area contributed by atoms with Gasteiger partial charge in [0.2, 0.25) is 5.91 Å². The van der Waals surface area contributed by atoms with Gasteiger partial charge in [-0.25, -0.2) is 4.98 Å². The molecule has 0 bridgehead atoms. The molecule has 3 aromatic rings. The number of nitrogens with one attached hydrogen (secondary N) is 1. The SMILES string of the molecule is O=C(CSc1nc(-c2ccccc2)cs1)NC1CCN(Cc2ccccc2)C1. The second kappa shape index (κ2) is 9.37. The summed E-state index contributed by atoms with van der Waals surface area (Å²) < 4.78 is 0.936. The molecular weight excluding hydrogens is 386 g/mol. The first-order valence-electron chi connectivity index (χ1n) is 9.45. The number of benzene rings is 2. The summed E-state index contributed by atoms with van der Waals surface area (Å²) >= 11 is 3.11. The molecule has 1 amide bonds. The molecule has 0 radical (unpaired) electrons. The van der Waals surface area contributed by atoms with Gasteiger partial charge in [-0.05, 0) is 12.0 Å². The first-order valence-corrected chi connectivity index (χ1v) is 11.3. The van der Waals surface area contributed by atoms with E-state index in [1.165, 1.54) is 17.3 Å². The number of likely N-dealkylation sites (tertiary alicyclic amines) is 1. The van der Waals surface area contributed by atoms with Crippen LogP contribution in [0.15, 0.2) is 70.4 Å². The monoisotopic (exact) mass is 409 g/mol. The number of aromatic nitrogens is 1. The average Bonchev–Trinajstić information content (AvgIpc) is 3.38. The van der Waals surface area contributed by atoms with Crippen molar-refractivity contribution in [3.63, 3.8) is 0 Å². The summed E-state index contributed by atoms with van der Waals surface area (Å²) in [6.07, 6.45) is 1.01. The molecule has 2 aromatic carbocycles. The summed E-state index contributed by atoms with van der Waals surface area (Å²) in [6.45, 7) is 2.89. The van der Waals surface area contributed by atoms with Gasteiger partial charge in [0.25, 0.3) is 0 Å². The first-order chi connectivity index (χ1) is 13.8. The van der Waals surface area contributed by atoms with Gasteiger partial charge >= 0.3 is 0 Å². The smallest absolute Gasteiger partial charge is 0.230 e. The zero-order valence-electron chi connectivity index (χ0n) is 15.6. The molecule has 1 saturated heterocycles. The van der Waals surface area contributed by atoms with Crippen LogP contribution in [0.1, 0.15) is 12.0 Å². The lowest BCUT2D eigenvalue weighted by atomic mass is 10.2. The van der Waals surface area contributed by atoms with Crippen LogP contribution in [0.5, 0.6) is 0 Å². The van der Waals surface area contributed by atoms with Crippen LogP contribution >= 0.6 is 23.1 Å². The number of carbonyl (C=O) groups is 1. The molecule has 4 rings (SSSR count). The quantitative estimate of drug-likeness (QED) is 0.591. The Morgan fingerprint density at radius 3 is 2.68 bits per heavy atom. The van der Waals surface area contributed by atoms with Gasteiger partial charge in [-0.15, -0.1) is 11.3 Å². The van der Waals surface area contributed by atoms with Gasteiger partial charge in [0.1, 0.15) is 0 Å². The molecular formula is C22H23N3OS2. The maximum atomic E-state index is 12.3. The summed E-state index contributed by atoms with van der Waals surface area (Å²) in [5.41, 5.74) is 3.41. The second-order valence-electron chi connectivity index (χ2n) is 6.93. The van der Waals surface area contributed by atoms with Crippen molar-refractivity contribution in [3.05, 3.63) is 71.6 Å². The molecule has 1 N–H and O–H groups in total. The maximum Gasteiger partial charge on any atom is 0.230 e. The minimum absolute atomic E-state index is 0.0908. The average molecular weight is 410 g/mol. The highest BCUT2D eigenvalue weighted by atomic mass is 32.2. The third-order valence-corrected chi connectivity index (χ3v) is 6.79. The highest BCUT2D eigenvalue weighted by Crippen LogP contribution is 2.28. The maximum absolute atomic E-state index is 12.3. The van der Waals surface area contributed by atoms with Gasteiger partial charge in [-0.2, -0.15) is 0 Å². The second-order valence-corrected chi connectivity index (χ2v) is 9.01. The Hall–Kier alpha value is -2.15. The molecule has 28 heavy (non-hydrogen) atoms. The van der Waals surface area contributed by atoms with Crippen molar-refractivity contribution in [3.8, 4) is 11.3 Å². The summed E-state index contributed by atoms with van der Waals surface area (Å²) in [4.78, 5) is 19.4. The Kier molecular flexibility index (Phi) is 6.41. The lowest BCUT2D eigenvalue weighted by molar-refractivity contribution is -0.119. The predicted octanol–water partition coefficient (Wildman–Crippen LogP) is 4.29. The first kappa shape index (κ1) is 19.2. The zero-order chi connectivity index (χ0) is 19.2. The van der Waals surface area contributed by atoms with E-state index < -0.39 is 0 Å². The van der Waals surface area contributed by atoms with Crippen LogP contribution in [0.2, 0.25) is 0 Å². The van der Waals surface area contributed by atoms with Crippen molar-refractivity contribution in [1.82, 2.24) is 15.2 Å². The van der Waals surface area contributed by atoms with Crippen LogP contribution in [0.4, 0.5) is 0 Å². The number of rotatable bonds is 7. The predicted molar refractivity (Wildman–Crippen MR) is 117 cm³/mol. The number of amides is 1. The Balaban J connectivity index is 1.22. The Morgan fingerprint density at radius 1 is 1.14 bits per heavy atom. The van der Waals surface area contributed by atoms with Gasteiger partial charge in [0, 0.05) is 36.6 Å². The Bertz CT molecular complexity index is 898. The molecule has 2 heterocycles. The van der Waals surface area contributed by atoms with Crippen molar-refractivity contribution >= 4 is 29.0 Å². The van der Waals surface area contributed by atoms with Crippen LogP contribution in [0.3, 0.4) is 0 Å². The number of thiazole rings is 1. The molecule has 0 spiro atoms. The van der Waals surface area contributed by atoms with Crippen molar-refractivity contribution < 1.29 is 4.79 Å². The molecule has 144 valence electrons. The molecule has 1 aliphatic heterocycles. The topological polar surface area (TPSA) is 45.2 Å². The van der Waals surface area contributed by atoms with E-state index in [9.17, 15) is 4.79 Å². The van der Waals surface area contributed by atoms with Crippen molar-refractivity contribution in [2.75, 3.05) is 18.8 Å². The minimum Gasteiger partial charge on any atom is -0.351 e. The number of nitrogens with zero attached hydrogens (tertiary/aromatic N) is 2. The summed E-state index contributed by atoms with van der Waals surface area (Å²) in [7, 11) is 0. The van der Waals surface area contributed by atoms with Crippen LogP contribution in [-0.2, 0) is 11.3 Å². The molecule has 0 aliphatic carbocycles. The Labute approximate surface area is 174 Å². The number of hydrogen-bond acceptors (Lipinski definition) is 5. The normalized spacial score (nSPS) is 16.9. The van der Waals surface area contributed by atoms with E-state index in [1.807, 2.05) is 29.6 Å². The van der Waals surface area contributed by atoms with Crippen molar-refractivity contribution in [2.24, 2.45) is 0 Å².